The first-order chi connectivity index (χ1) is 10.2. The number of benzene rings is 1. The largest absolute Gasteiger partial charge is 0.488 e. The Labute approximate surface area is 127 Å². The second kappa shape index (κ2) is 6.77. The number of nitrogens with two attached hydrogens (primary N) is 1. The zero-order valence-corrected chi connectivity index (χ0v) is 13.1. The van der Waals surface area contributed by atoms with Gasteiger partial charge in [0.05, 0.1) is 0 Å². The SMILES string of the molecule is Cc1ccc2c(c1)CC(CN1CCCN(CCN)CC1)O2. The predicted octanol–water partition coefficient (Wildman–Crippen LogP) is 1.26. The van der Waals surface area contributed by atoms with Gasteiger partial charge in [0.25, 0.3) is 0 Å². The van der Waals surface area contributed by atoms with Gasteiger partial charge in [-0.25, -0.2) is 0 Å². The number of aryl methyl sites for hydroxylation is 1. The molecular formula is C17H27N3O. The van der Waals surface area contributed by atoms with Gasteiger partial charge < -0.3 is 15.4 Å². The van der Waals surface area contributed by atoms with Crippen LogP contribution in [-0.4, -0.2) is 61.7 Å². The first-order valence-corrected chi connectivity index (χ1v) is 8.15. The number of fused-ring (bicyclic) bond motifs is 1. The topological polar surface area (TPSA) is 41.7 Å². The van der Waals surface area contributed by atoms with E-state index in [0.29, 0.717) is 6.10 Å². The molecule has 1 atom stereocenters. The van der Waals surface area contributed by atoms with Gasteiger partial charge in [-0.15, -0.1) is 0 Å². The van der Waals surface area contributed by atoms with Gasteiger partial charge in [-0.1, -0.05) is 17.7 Å². The molecule has 0 aliphatic carbocycles. The number of hydrogen-bond donors (Lipinski definition) is 1. The number of ether oxygens (including phenoxy) is 1. The summed E-state index contributed by atoms with van der Waals surface area (Å²) < 4.78 is 6.10. The lowest BCUT2D eigenvalue weighted by Gasteiger charge is -2.24. The van der Waals surface area contributed by atoms with E-state index in [1.165, 1.54) is 30.6 Å². The van der Waals surface area contributed by atoms with Crippen molar-refractivity contribution in [2.75, 3.05) is 45.8 Å². The molecule has 3 rings (SSSR count). The Morgan fingerprint density at radius 3 is 2.86 bits per heavy atom. The van der Waals surface area contributed by atoms with E-state index in [1.807, 2.05) is 0 Å². The number of rotatable bonds is 4. The van der Waals surface area contributed by atoms with Crippen LogP contribution in [-0.2, 0) is 6.42 Å². The van der Waals surface area contributed by atoms with E-state index < -0.39 is 0 Å². The highest BCUT2D eigenvalue weighted by Gasteiger charge is 2.25. The fourth-order valence-corrected chi connectivity index (χ4v) is 3.45. The average Bonchev–Trinajstić information content (AvgIpc) is 2.72. The normalized spacial score (nSPS) is 23.6. The summed E-state index contributed by atoms with van der Waals surface area (Å²) in [5.74, 6) is 1.09. The molecule has 1 aromatic carbocycles. The maximum atomic E-state index is 6.10. The minimum Gasteiger partial charge on any atom is -0.488 e. The van der Waals surface area contributed by atoms with Crippen LogP contribution in [0, 0.1) is 6.92 Å². The molecule has 0 amide bonds. The lowest BCUT2D eigenvalue weighted by Crippen LogP contribution is -2.38. The number of nitrogens with zero attached hydrogens (tertiary/aromatic N) is 2. The van der Waals surface area contributed by atoms with E-state index in [4.69, 9.17) is 10.5 Å². The smallest absolute Gasteiger partial charge is 0.123 e. The molecule has 2 N–H and O–H groups in total. The molecule has 116 valence electrons. The first kappa shape index (κ1) is 14.8. The van der Waals surface area contributed by atoms with Crippen LogP contribution in [0.1, 0.15) is 17.5 Å². The summed E-state index contributed by atoms with van der Waals surface area (Å²) in [6, 6.07) is 6.52. The van der Waals surface area contributed by atoms with E-state index in [2.05, 4.69) is 34.9 Å². The lowest BCUT2D eigenvalue weighted by atomic mass is 10.1. The minimum absolute atomic E-state index is 0.322. The van der Waals surface area contributed by atoms with Gasteiger partial charge in [-0.2, -0.15) is 0 Å². The summed E-state index contributed by atoms with van der Waals surface area (Å²) in [6.45, 7) is 9.61. The van der Waals surface area contributed by atoms with Crippen molar-refractivity contribution in [3.8, 4) is 5.75 Å². The van der Waals surface area contributed by atoms with E-state index in [-0.39, 0.29) is 0 Å². The Morgan fingerprint density at radius 2 is 2.00 bits per heavy atom. The summed E-state index contributed by atoms with van der Waals surface area (Å²) in [5, 5.41) is 0. The molecule has 2 heterocycles. The molecule has 1 aromatic rings. The maximum absolute atomic E-state index is 6.10. The summed E-state index contributed by atoms with van der Waals surface area (Å²) in [5.41, 5.74) is 8.36. The van der Waals surface area contributed by atoms with Crippen molar-refractivity contribution in [1.82, 2.24) is 9.80 Å². The summed E-state index contributed by atoms with van der Waals surface area (Å²) in [6.07, 6.45) is 2.61. The first-order valence-electron chi connectivity index (χ1n) is 8.15. The molecule has 0 aromatic heterocycles. The Bertz CT molecular complexity index is 477. The molecule has 0 saturated carbocycles. The van der Waals surface area contributed by atoms with Crippen molar-refractivity contribution in [3.63, 3.8) is 0 Å². The quantitative estimate of drug-likeness (QED) is 0.906. The lowest BCUT2D eigenvalue weighted by molar-refractivity contribution is 0.152. The molecule has 1 fully saturated rings. The molecule has 2 aliphatic rings. The summed E-state index contributed by atoms with van der Waals surface area (Å²) in [4.78, 5) is 5.04. The molecule has 0 radical (unpaired) electrons. The number of hydrogen-bond acceptors (Lipinski definition) is 4. The van der Waals surface area contributed by atoms with Crippen LogP contribution < -0.4 is 10.5 Å². The highest BCUT2D eigenvalue weighted by Crippen LogP contribution is 2.29. The zero-order chi connectivity index (χ0) is 14.7. The summed E-state index contributed by atoms with van der Waals surface area (Å²) >= 11 is 0. The second-order valence-corrected chi connectivity index (χ2v) is 6.34. The highest BCUT2D eigenvalue weighted by molar-refractivity contribution is 5.40. The Kier molecular flexibility index (Phi) is 4.78. The Balaban J connectivity index is 1.52. The molecule has 0 bridgehead atoms. The van der Waals surface area contributed by atoms with Crippen molar-refractivity contribution in [3.05, 3.63) is 29.3 Å². The Morgan fingerprint density at radius 1 is 1.19 bits per heavy atom. The molecule has 4 heteroatoms. The highest BCUT2D eigenvalue weighted by atomic mass is 16.5. The van der Waals surface area contributed by atoms with Gasteiger partial charge in [-0.05, 0) is 38.1 Å². The molecule has 21 heavy (non-hydrogen) atoms. The molecule has 1 saturated heterocycles. The molecule has 1 unspecified atom stereocenters. The standard InChI is InChI=1S/C17H27N3O/c1-14-3-4-17-15(11-14)12-16(21-17)13-20-7-2-6-19(8-5-18)9-10-20/h3-4,11,16H,2,5-10,12-13,18H2,1H3. The van der Waals surface area contributed by atoms with Crippen LogP contribution in [0.2, 0.25) is 0 Å². The third-order valence-electron chi connectivity index (χ3n) is 4.55. The molecule has 0 spiro atoms. The average molecular weight is 289 g/mol. The Hall–Kier alpha value is -1.10. The van der Waals surface area contributed by atoms with Gasteiger partial charge in [0.1, 0.15) is 11.9 Å². The van der Waals surface area contributed by atoms with E-state index in [0.717, 1.165) is 44.9 Å². The van der Waals surface area contributed by atoms with Crippen molar-refractivity contribution in [2.45, 2.75) is 25.9 Å². The van der Waals surface area contributed by atoms with E-state index in [9.17, 15) is 0 Å². The van der Waals surface area contributed by atoms with Crippen molar-refractivity contribution >= 4 is 0 Å². The molecule has 4 nitrogen and oxygen atoms in total. The zero-order valence-electron chi connectivity index (χ0n) is 13.1. The maximum Gasteiger partial charge on any atom is 0.123 e. The van der Waals surface area contributed by atoms with Crippen LogP contribution in [0.15, 0.2) is 18.2 Å². The third-order valence-corrected chi connectivity index (χ3v) is 4.55. The second-order valence-electron chi connectivity index (χ2n) is 6.34. The molecule has 2 aliphatic heterocycles. The molecular weight excluding hydrogens is 262 g/mol. The van der Waals surface area contributed by atoms with Gasteiger partial charge in [0, 0.05) is 39.1 Å². The third kappa shape index (κ3) is 3.76. The van der Waals surface area contributed by atoms with Crippen LogP contribution in [0.3, 0.4) is 0 Å². The van der Waals surface area contributed by atoms with Crippen LogP contribution in [0.25, 0.3) is 0 Å². The summed E-state index contributed by atoms with van der Waals surface area (Å²) in [7, 11) is 0. The fraction of sp³-hybridized carbons (Fsp3) is 0.647. The van der Waals surface area contributed by atoms with Gasteiger partial charge in [-0.3, -0.25) is 4.90 Å². The monoisotopic (exact) mass is 289 g/mol. The minimum atomic E-state index is 0.322. The van der Waals surface area contributed by atoms with E-state index in [1.54, 1.807) is 0 Å². The van der Waals surface area contributed by atoms with Crippen LogP contribution in [0.5, 0.6) is 5.75 Å². The van der Waals surface area contributed by atoms with Gasteiger partial charge in [0.15, 0.2) is 0 Å². The van der Waals surface area contributed by atoms with Gasteiger partial charge >= 0.3 is 0 Å². The van der Waals surface area contributed by atoms with Crippen LogP contribution >= 0.6 is 0 Å². The van der Waals surface area contributed by atoms with Crippen molar-refractivity contribution in [1.29, 1.82) is 0 Å². The van der Waals surface area contributed by atoms with Crippen molar-refractivity contribution in [2.24, 2.45) is 5.73 Å². The van der Waals surface area contributed by atoms with Crippen LogP contribution in [0.4, 0.5) is 0 Å². The van der Waals surface area contributed by atoms with Gasteiger partial charge in [0.2, 0.25) is 0 Å². The fourth-order valence-electron chi connectivity index (χ4n) is 3.45. The van der Waals surface area contributed by atoms with E-state index >= 15 is 0 Å². The van der Waals surface area contributed by atoms with Crippen molar-refractivity contribution < 1.29 is 4.74 Å². The predicted molar refractivity (Wildman–Crippen MR) is 85.9 cm³/mol.